The number of methoxy groups -OCH3 is 1. The molecule has 0 radical (unpaired) electrons. The van der Waals surface area contributed by atoms with Crippen molar-refractivity contribution in [3.63, 3.8) is 0 Å². The highest BCUT2D eigenvalue weighted by atomic mass is 16.5. The predicted octanol–water partition coefficient (Wildman–Crippen LogP) is 2.08. The summed E-state index contributed by atoms with van der Waals surface area (Å²) in [4.78, 5) is 23.7. The fraction of sp³-hybridized carbons (Fsp3) is 0.222. The number of rotatable bonds is 8. The molecular weight excluding hydrogens is 308 g/mol. The summed E-state index contributed by atoms with van der Waals surface area (Å²) in [5.41, 5.74) is 1.12. The van der Waals surface area contributed by atoms with Crippen molar-refractivity contribution in [1.82, 2.24) is 5.32 Å². The van der Waals surface area contributed by atoms with Gasteiger partial charge in [0.05, 0.1) is 6.61 Å². The molecule has 2 aromatic carbocycles. The van der Waals surface area contributed by atoms with Gasteiger partial charge in [-0.1, -0.05) is 18.2 Å². The molecule has 0 aliphatic carbocycles. The zero-order valence-corrected chi connectivity index (χ0v) is 13.5. The number of hydrogen-bond donors (Lipinski definition) is 2. The lowest BCUT2D eigenvalue weighted by molar-refractivity contribution is -0.118. The van der Waals surface area contributed by atoms with Crippen LogP contribution in [-0.2, 0) is 9.53 Å². The molecule has 0 fully saturated rings. The van der Waals surface area contributed by atoms with Gasteiger partial charge in [0.25, 0.3) is 11.8 Å². The Balaban J connectivity index is 1.80. The normalized spacial score (nSPS) is 10.0. The number of hydrogen-bond acceptors (Lipinski definition) is 4. The molecule has 0 saturated heterocycles. The van der Waals surface area contributed by atoms with Crippen molar-refractivity contribution in [3.05, 3.63) is 60.2 Å². The van der Waals surface area contributed by atoms with E-state index in [4.69, 9.17) is 9.47 Å². The van der Waals surface area contributed by atoms with E-state index in [0.29, 0.717) is 30.2 Å². The summed E-state index contributed by atoms with van der Waals surface area (Å²) in [6, 6.07) is 15.8. The van der Waals surface area contributed by atoms with Crippen molar-refractivity contribution < 1.29 is 19.1 Å². The first-order chi connectivity index (χ1) is 11.7. The molecule has 0 heterocycles. The van der Waals surface area contributed by atoms with E-state index in [-0.39, 0.29) is 18.4 Å². The fourth-order valence-corrected chi connectivity index (χ4v) is 1.94. The standard InChI is InChI=1S/C18H20N2O4/c1-23-12-11-19-18(22)14-7-9-15(10-8-14)20-17(21)13-24-16-5-3-2-4-6-16/h2-10H,11-13H2,1H3,(H,19,22)(H,20,21). The monoisotopic (exact) mass is 328 g/mol. The quantitative estimate of drug-likeness (QED) is 0.728. The summed E-state index contributed by atoms with van der Waals surface area (Å²) in [6.07, 6.45) is 0. The smallest absolute Gasteiger partial charge is 0.262 e. The molecule has 6 nitrogen and oxygen atoms in total. The van der Waals surface area contributed by atoms with E-state index >= 15 is 0 Å². The van der Waals surface area contributed by atoms with Crippen molar-refractivity contribution in [2.24, 2.45) is 0 Å². The van der Waals surface area contributed by atoms with Crippen molar-refractivity contribution in [3.8, 4) is 5.75 Å². The molecule has 0 saturated carbocycles. The van der Waals surface area contributed by atoms with Gasteiger partial charge in [-0.2, -0.15) is 0 Å². The van der Waals surface area contributed by atoms with Gasteiger partial charge in [0.1, 0.15) is 5.75 Å². The summed E-state index contributed by atoms with van der Waals surface area (Å²) in [7, 11) is 1.57. The first kappa shape index (κ1) is 17.5. The SMILES string of the molecule is COCCNC(=O)c1ccc(NC(=O)COc2ccccc2)cc1. The number of para-hydroxylation sites is 1. The van der Waals surface area contributed by atoms with E-state index in [2.05, 4.69) is 10.6 Å². The molecule has 6 heteroatoms. The molecule has 2 aromatic rings. The van der Waals surface area contributed by atoms with Gasteiger partial charge < -0.3 is 20.1 Å². The lowest BCUT2D eigenvalue weighted by Gasteiger charge is -2.08. The number of amides is 2. The van der Waals surface area contributed by atoms with Crippen molar-refractivity contribution in [2.45, 2.75) is 0 Å². The van der Waals surface area contributed by atoms with Crippen molar-refractivity contribution in [2.75, 3.05) is 32.2 Å². The van der Waals surface area contributed by atoms with Gasteiger partial charge in [-0.3, -0.25) is 9.59 Å². The lowest BCUT2D eigenvalue weighted by atomic mass is 10.2. The minimum absolute atomic E-state index is 0.0801. The van der Waals surface area contributed by atoms with E-state index < -0.39 is 0 Å². The Bertz CT molecular complexity index is 656. The average molecular weight is 328 g/mol. The zero-order chi connectivity index (χ0) is 17.2. The van der Waals surface area contributed by atoms with Crippen LogP contribution in [0.5, 0.6) is 5.75 Å². The number of nitrogens with one attached hydrogen (secondary N) is 2. The Hall–Kier alpha value is -2.86. The van der Waals surface area contributed by atoms with Gasteiger partial charge in [0.15, 0.2) is 6.61 Å². The third-order valence-electron chi connectivity index (χ3n) is 3.14. The zero-order valence-electron chi connectivity index (χ0n) is 13.5. The average Bonchev–Trinajstić information content (AvgIpc) is 2.61. The maximum atomic E-state index is 11.8. The molecule has 0 bridgehead atoms. The molecule has 0 spiro atoms. The minimum atomic E-state index is -0.267. The first-order valence-electron chi connectivity index (χ1n) is 7.54. The van der Waals surface area contributed by atoms with Crippen molar-refractivity contribution >= 4 is 17.5 Å². The largest absolute Gasteiger partial charge is 0.484 e. The molecule has 0 unspecified atom stereocenters. The highest BCUT2D eigenvalue weighted by Gasteiger charge is 2.07. The highest BCUT2D eigenvalue weighted by molar-refractivity contribution is 5.96. The van der Waals surface area contributed by atoms with Gasteiger partial charge in [-0.05, 0) is 36.4 Å². The van der Waals surface area contributed by atoms with Crippen LogP contribution in [0, 0.1) is 0 Å². The third-order valence-corrected chi connectivity index (χ3v) is 3.14. The number of carbonyl (C=O) groups is 2. The Morgan fingerprint density at radius 3 is 2.38 bits per heavy atom. The van der Waals surface area contributed by atoms with Crippen LogP contribution in [0.3, 0.4) is 0 Å². The first-order valence-corrected chi connectivity index (χ1v) is 7.54. The molecule has 0 aliphatic heterocycles. The van der Waals surface area contributed by atoms with Crippen LogP contribution in [0.25, 0.3) is 0 Å². The third kappa shape index (κ3) is 5.73. The van der Waals surface area contributed by atoms with Crippen LogP contribution >= 0.6 is 0 Å². The van der Waals surface area contributed by atoms with Crippen LogP contribution in [-0.4, -0.2) is 38.7 Å². The second-order valence-corrected chi connectivity index (χ2v) is 4.98. The maximum absolute atomic E-state index is 11.8. The molecule has 24 heavy (non-hydrogen) atoms. The topological polar surface area (TPSA) is 76.7 Å². The highest BCUT2D eigenvalue weighted by Crippen LogP contribution is 2.11. The Labute approximate surface area is 140 Å². The van der Waals surface area contributed by atoms with Gasteiger partial charge in [0, 0.05) is 24.9 Å². The number of carbonyl (C=O) groups excluding carboxylic acids is 2. The van der Waals surface area contributed by atoms with Crippen LogP contribution in [0.15, 0.2) is 54.6 Å². The van der Waals surface area contributed by atoms with Gasteiger partial charge in [0.2, 0.25) is 0 Å². The van der Waals surface area contributed by atoms with E-state index in [0.717, 1.165) is 0 Å². The van der Waals surface area contributed by atoms with Crippen LogP contribution < -0.4 is 15.4 Å². The molecule has 0 atom stereocenters. The summed E-state index contributed by atoms with van der Waals surface area (Å²) in [6.45, 7) is 0.829. The lowest BCUT2D eigenvalue weighted by Crippen LogP contribution is -2.26. The Morgan fingerprint density at radius 2 is 1.71 bits per heavy atom. The minimum Gasteiger partial charge on any atom is -0.484 e. The predicted molar refractivity (Wildman–Crippen MR) is 91.2 cm³/mol. The van der Waals surface area contributed by atoms with E-state index in [1.165, 1.54) is 0 Å². The van der Waals surface area contributed by atoms with Crippen molar-refractivity contribution in [1.29, 1.82) is 0 Å². The molecular formula is C18H20N2O4. The summed E-state index contributed by atoms with van der Waals surface area (Å²) in [5.74, 6) is 0.184. The van der Waals surface area contributed by atoms with Crippen LogP contribution in [0.1, 0.15) is 10.4 Å². The molecule has 126 valence electrons. The summed E-state index contributed by atoms with van der Waals surface area (Å²) in [5, 5.41) is 5.44. The summed E-state index contributed by atoms with van der Waals surface area (Å²) < 4.78 is 10.2. The molecule has 2 N–H and O–H groups in total. The Kier molecular flexibility index (Phi) is 6.79. The van der Waals surface area contributed by atoms with Crippen LogP contribution in [0.4, 0.5) is 5.69 Å². The van der Waals surface area contributed by atoms with E-state index in [1.807, 2.05) is 18.2 Å². The molecule has 0 aliphatic rings. The molecule has 0 aromatic heterocycles. The Morgan fingerprint density at radius 1 is 1.00 bits per heavy atom. The number of anilines is 1. The van der Waals surface area contributed by atoms with E-state index in [9.17, 15) is 9.59 Å². The van der Waals surface area contributed by atoms with Gasteiger partial charge in [-0.25, -0.2) is 0 Å². The maximum Gasteiger partial charge on any atom is 0.262 e. The second-order valence-electron chi connectivity index (χ2n) is 4.98. The van der Waals surface area contributed by atoms with Gasteiger partial charge in [-0.15, -0.1) is 0 Å². The van der Waals surface area contributed by atoms with Gasteiger partial charge >= 0.3 is 0 Å². The number of ether oxygens (including phenoxy) is 2. The second kappa shape index (κ2) is 9.32. The molecule has 2 rings (SSSR count). The van der Waals surface area contributed by atoms with Crippen LogP contribution in [0.2, 0.25) is 0 Å². The molecule has 2 amide bonds. The van der Waals surface area contributed by atoms with E-state index in [1.54, 1.807) is 43.5 Å². The number of benzene rings is 2. The fourth-order valence-electron chi connectivity index (χ4n) is 1.94. The summed E-state index contributed by atoms with van der Waals surface area (Å²) >= 11 is 0.